The summed E-state index contributed by atoms with van der Waals surface area (Å²) in [4.78, 5) is 58.1. The first-order valence-electron chi connectivity index (χ1n) is 16.0. The molecule has 11 nitrogen and oxygen atoms in total. The Bertz CT molecular complexity index is 1690. The van der Waals surface area contributed by atoms with Gasteiger partial charge in [0.1, 0.15) is 23.9 Å². The van der Waals surface area contributed by atoms with Crippen LogP contribution in [0.5, 0.6) is 0 Å². The summed E-state index contributed by atoms with van der Waals surface area (Å²) in [7, 11) is 0. The molecule has 1 N–H and O–H groups in total. The smallest absolute Gasteiger partial charge is 0.340 e. The fourth-order valence-electron chi connectivity index (χ4n) is 8.25. The van der Waals surface area contributed by atoms with E-state index in [9.17, 15) is 24.3 Å². The molecule has 2 aliphatic carbocycles. The number of nitrogens with zero attached hydrogens (tertiary/aromatic N) is 1. The second-order valence-corrected chi connectivity index (χ2v) is 13.7. The number of pyridine rings is 1. The van der Waals surface area contributed by atoms with E-state index < -0.39 is 76.4 Å². The summed E-state index contributed by atoms with van der Waals surface area (Å²) in [6.07, 6.45) is -1.89. The molecule has 252 valence electrons. The Morgan fingerprint density at radius 3 is 1.85 bits per heavy atom. The molecule has 11 heteroatoms. The number of carbonyl (C=O) groups is 4. The predicted molar refractivity (Wildman–Crippen MR) is 170 cm³/mol. The highest BCUT2D eigenvalue weighted by atomic mass is 16.6. The minimum Gasteiger partial charge on any atom is -0.458 e. The number of ether oxygens (including phenoxy) is 5. The van der Waals surface area contributed by atoms with Crippen molar-refractivity contribution in [2.45, 2.75) is 88.7 Å². The SMILES string of the molecule is CC(=O)O[C@@H]1[C@@H]2[C@@H](OC(=O)c3cccnc3)[C@@]3(OC2(C)C)[C@@](C)([C@@H](OC(=O)c2ccccc2)CC[C@]3(C)O)[C@@H]1OC(=O)c1ccccc1. The Balaban J connectivity index is 1.56. The summed E-state index contributed by atoms with van der Waals surface area (Å²) < 4.78 is 31.9. The molecule has 3 fully saturated rings. The van der Waals surface area contributed by atoms with E-state index >= 15 is 0 Å². The molecule has 3 aromatic rings. The Kier molecular flexibility index (Phi) is 8.41. The highest BCUT2D eigenvalue weighted by Gasteiger charge is 2.85. The van der Waals surface area contributed by atoms with Gasteiger partial charge >= 0.3 is 23.9 Å². The van der Waals surface area contributed by atoms with Crippen LogP contribution in [-0.2, 0) is 28.5 Å². The van der Waals surface area contributed by atoms with Gasteiger partial charge in [-0.05, 0) is 76.9 Å². The lowest BCUT2D eigenvalue weighted by Gasteiger charge is -2.65. The van der Waals surface area contributed by atoms with Gasteiger partial charge in [-0.3, -0.25) is 9.78 Å². The maximum absolute atomic E-state index is 13.8. The minimum atomic E-state index is -1.84. The van der Waals surface area contributed by atoms with Crippen molar-refractivity contribution in [1.82, 2.24) is 4.98 Å². The van der Waals surface area contributed by atoms with Gasteiger partial charge in [0.05, 0.1) is 39.2 Å². The van der Waals surface area contributed by atoms with Gasteiger partial charge in [-0.1, -0.05) is 36.4 Å². The third-order valence-corrected chi connectivity index (χ3v) is 10.3. The van der Waals surface area contributed by atoms with Crippen molar-refractivity contribution in [3.63, 3.8) is 0 Å². The van der Waals surface area contributed by atoms with Crippen LogP contribution in [0.1, 0.15) is 78.5 Å². The van der Waals surface area contributed by atoms with E-state index in [1.165, 1.54) is 19.3 Å². The van der Waals surface area contributed by atoms with Crippen molar-refractivity contribution in [2.24, 2.45) is 11.3 Å². The summed E-state index contributed by atoms with van der Waals surface area (Å²) in [5, 5.41) is 12.5. The van der Waals surface area contributed by atoms with Crippen molar-refractivity contribution in [3.8, 4) is 0 Å². The zero-order valence-corrected chi connectivity index (χ0v) is 27.5. The maximum atomic E-state index is 13.8. The van der Waals surface area contributed by atoms with E-state index in [2.05, 4.69) is 4.98 Å². The number of hydrogen-bond donors (Lipinski definition) is 1. The summed E-state index contributed by atoms with van der Waals surface area (Å²) in [5.74, 6) is -3.76. The van der Waals surface area contributed by atoms with Gasteiger partial charge in [-0.15, -0.1) is 0 Å². The standard InChI is InChI=1S/C37H39NO10/c1-22(39)44-28-27-29(46-33(42)25-17-12-20-38-21-25)37(48-34(27,2)3)35(4,43)19-18-26(45-31(40)23-13-8-6-9-14-23)36(37,5)30(28)47-32(41)24-15-10-7-11-16-24/h6-17,20-21,26-30,43H,18-19H2,1-5H3/t26-,27+,28+,29+,30+,35-,36-,37-/m0/s1. The fraction of sp³-hybridized carbons (Fsp3) is 0.432. The van der Waals surface area contributed by atoms with Crippen LogP contribution in [-0.4, -0.2) is 75.2 Å². The summed E-state index contributed by atoms with van der Waals surface area (Å²) >= 11 is 0. The van der Waals surface area contributed by atoms with Gasteiger partial charge in [0.25, 0.3) is 0 Å². The zero-order chi connectivity index (χ0) is 34.5. The molecule has 2 bridgehead atoms. The molecule has 1 aliphatic heterocycles. The van der Waals surface area contributed by atoms with Crippen molar-refractivity contribution in [2.75, 3.05) is 0 Å². The number of hydrogen-bond acceptors (Lipinski definition) is 11. The fourth-order valence-corrected chi connectivity index (χ4v) is 8.25. The van der Waals surface area contributed by atoms with Crippen LogP contribution < -0.4 is 0 Å². The molecule has 1 aromatic heterocycles. The number of benzene rings is 2. The van der Waals surface area contributed by atoms with Gasteiger partial charge in [-0.2, -0.15) is 0 Å². The monoisotopic (exact) mass is 657 g/mol. The van der Waals surface area contributed by atoms with Gasteiger partial charge < -0.3 is 28.8 Å². The second-order valence-electron chi connectivity index (χ2n) is 13.7. The van der Waals surface area contributed by atoms with E-state index in [0.717, 1.165) is 0 Å². The van der Waals surface area contributed by atoms with E-state index in [1.54, 1.807) is 100 Å². The minimum absolute atomic E-state index is 0.0661. The molecule has 0 unspecified atom stereocenters. The molecule has 1 spiro atoms. The highest BCUT2D eigenvalue weighted by Crippen LogP contribution is 2.69. The molecule has 2 aromatic carbocycles. The average Bonchev–Trinajstić information content (AvgIpc) is 3.28. The molecule has 2 saturated carbocycles. The predicted octanol–water partition coefficient (Wildman–Crippen LogP) is 4.72. The van der Waals surface area contributed by atoms with E-state index in [0.29, 0.717) is 0 Å². The summed E-state index contributed by atoms with van der Waals surface area (Å²) in [6.45, 7) is 7.96. The lowest BCUT2D eigenvalue weighted by molar-refractivity contribution is -0.333. The first-order valence-corrected chi connectivity index (χ1v) is 16.0. The Morgan fingerprint density at radius 2 is 1.29 bits per heavy atom. The number of aliphatic hydroxyl groups is 1. The maximum Gasteiger partial charge on any atom is 0.340 e. The molecule has 48 heavy (non-hydrogen) atoms. The second kappa shape index (κ2) is 12.1. The van der Waals surface area contributed by atoms with Crippen LogP contribution in [0, 0.1) is 11.3 Å². The first-order chi connectivity index (χ1) is 22.7. The third-order valence-electron chi connectivity index (χ3n) is 10.3. The Labute approximate surface area is 278 Å². The van der Waals surface area contributed by atoms with Crippen LogP contribution >= 0.6 is 0 Å². The number of carbonyl (C=O) groups excluding carboxylic acids is 4. The molecular formula is C37H39NO10. The van der Waals surface area contributed by atoms with Crippen LogP contribution in [0.3, 0.4) is 0 Å². The molecule has 0 radical (unpaired) electrons. The number of aromatic nitrogens is 1. The lowest BCUT2D eigenvalue weighted by Crippen LogP contribution is -2.81. The highest BCUT2D eigenvalue weighted by molar-refractivity contribution is 5.91. The number of fused-ring (bicyclic) bond motifs is 1. The molecule has 0 amide bonds. The third kappa shape index (κ3) is 5.25. The number of esters is 4. The average molecular weight is 658 g/mol. The first kappa shape index (κ1) is 33.3. The van der Waals surface area contributed by atoms with Gasteiger partial charge in [0.15, 0.2) is 6.10 Å². The lowest BCUT2D eigenvalue weighted by atomic mass is 9.47. The molecular weight excluding hydrogens is 618 g/mol. The molecule has 8 atom stereocenters. The summed E-state index contributed by atoms with van der Waals surface area (Å²) in [5.41, 5.74) is -5.81. The Hall–Kier alpha value is -4.61. The van der Waals surface area contributed by atoms with Gasteiger partial charge in [-0.25, -0.2) is 14.4 Å². The largest absolute Gasteiger partial charge is 0.458 e. The van der Waals surface area contributed by atoms with E-state index in [4.69, 9.17) is 23.7 Å². The normalized spacial score (nSPS) is 33.1. The van der Waals surface area contributed by atoms with Crippen LogP contribution in [0.25, 0.3) is 0 Å². The van der Waals surface area contributed by atoms with E-state index in [1.807, 2.05) is 0 Å². The van der Waals surface area contributed by atoms with Gasteiger partial charge in [0, 0.05) is 19.3 Å². The van der Waals surface area contributed by atoms with Crippen LogP contribution in [0.4, 0.5) is 0 Å². The Morgan fingerprint density at radius 1 is 0.750 bits per heavy atom. The van der Waals surface area contributed by atoms with Crippen molar-refractivity contribution in [1.29, 1.82) is 0 Å². The van der Waals surface area contributed by atoms with Gasteiger partial charge in [0.2, 0.25) is 0 Å². The van der Waals surface area contributed by atoms with Crippen molar-refractivity contribution >= 4 is 23.9 Å². The van der Waals surface area contributed by atoms with E-state index in [-0.39, 0.29) is 29.5 Å². The number of rotatable bonds is 7. The van der Waals surface area contributed by atoms with Crippen molar-refractivity contribution < 1.29 is 48.0 Å². The quantitative estimate of drug-likeness (QED) is 0.278. The zero-order valence-electron chi connectivity index (χ0n) is 27.5. The molecule has 2 heterocycles. The topological polar surface area (TPSA) is 148 Å². The molecule has 3 aliphatic rings. The molecule has 6 rings (SSSR count). The molecule has 1 saturated heterocycles. The van der Waals surface area contributed by atoms with Crippen molar-refractivity contribution in [3.05, 3.63) is 102 Å². The van der Waals surface area contributed by atoms with Crippen LogP contribution in [0.15, 0.2) is 85.2 Å². The van der Waals surface area contributed by atoms with Crippen LogP contribution in [0.2, 0.25) is 0 Å². The summed E-state index contributed by atoms with van der Waals surface area (Å²) in [6, 6.07) is 19.8.